The summed E-state index contributed by atoms with van der Waals surface area (Å²) in [6.45, 7) is 5.28. The van der Waals surface area contributed by atoms with Crippen LogP contribution in [0.5, 0.6) is 5.75 Å². The topological polar surface area (TPSA) is 40.1 Å². The molecule has 1 N–H and O–H groups in total. The quantitative estimate of drug-likeness (QED) is 0.681. The zero-order valence-electron chi connectivity index (χ0n) is 7.64. The first-order valence-corrected chi connectivity index (χ1v) is 3.94. The number of rotatable bonds is 1. The molecule has 1 aromatic rings. The molecule has 0 saturated heterocycles. The average Bonchev–Trinajstić information content (AvgIpc) is 2.08. The zero-order chi connectivity index (χ0) is 9.30. The number of benzene rings is 1. The molecule has 1 aromatic carbocycles. The first-order chi connectivity index (χ1) is 5.57. The molecule has 0 aliphatic carbocycles. The molecule has 0 spiro atoms. The van der Waals surface area contributed by atoms with Gasteiger partial charge < -0.3 is 5.11 Å². The number of aryl methyl sites for hydroxylation is 1. The molecule has 0 saturated carbocycles. The van der Waals surface area contributed by atoms with Gasteiger partial charge in [-0.2, -0.15) is 0 Å². The van der Waals surface area contributed by atoms with Gasteiger partial charge in [0.15, 0.2) is 0 Å². The normalized spacial score (nSPS) is 10.3. The summed E-state index contributed by atoms with van der Waals surface area (Å²) in [5.41, 5.74) is 3.29. The fraction of sp³-hybridized carbons (Fsp3) is 0.400. The summed E-state index contributed by atoms with van der Waals surface area (Å²) >= 11 is 0. The number of phenolic OH excluding ortho intramolecular Hbond substituents is 1. The predicted molar refractivity (Wildman–Crippen MR) is 46.7 cm³/mol. The van der Waals surface area contributed by atoms with E-state index in [9.17, 15) is 10.2 Å². The highest BCUT2D eigenvalue weighted by Crippen LogP contribution is 2.27. The van der Waals surface area contributed by atoms with E-state index in [2.05, 4.69) is 0 Å². The molecular formula is C10H13O2. The lowest BCUT2D eigenvalue weighted by Crippen LogP contribution is -1.93. The SMILES string of the molecule is Cc1cc(C[O])c(C)c(C)c1O. The molecule has 1 radical (unpaired) electrons. The lowest BCUT2D eigenvalue weighted by atomic mass is 9.99. The van der Waals surface area contributed by atoms with Crippen LogP contribution in [-0.4, -0.2) is 5.11 Å². The second-order valence-corrected chi connectivity index (χ2v) is 3.10. The van der Waals surface area contributed by atoms with E-state index in [-0.39, 0.29) is 6.61 Å². The van der Waals surface area contributed by atoms with Crippen LogP contribution in [-0.2, 0) is 11.7 Å². The van der Waals surface area contributed by atoms with Crippen molar-refractivity contribution in [2.45, 2.75) is 27.4 Å². The predicted octanol–water partition coefficient (Wildman–Crippen LogP) is 2.25. The van der Waals surface area contributed by atoms with E-state index in [1.54, 1.807) is 13.0 Å². The Bertz CT molecular complexity index is 303. The molecule has 0 heterocycles. The van der Waals surface area contributed by atoms with Crippen molar-refractivity contribution in [1.29, 1.82) is 0 Å². The molecule has 0 bridgehead atoms. The second-order valence-electron chi connectivity index (χ2n) is 3.10. The van der Waals surface area contributed by atoms with E-state index in [0.717, 1.165) is 22.3 Å². The summed E-state index contributed by atoms with van der Waals surface area (Å²) in [7, 11) is 0. The van der Waals surface area contributed by atoms with Crippen molar-refractivity contribution in [1.82, 2.24) is 0 Å². The number of aromatic hydroxyl groups is 1. The molecule has 65 valence electrons. The van der Waals surface area contributed by atoms with Crippen molar-refractivity contribution < 1.29 is 10.2 Å². The van der Waals surface area contributed by atoms with Gasteiger partial charge in [-0.25, -0.2) is 5.11 Å². The molecule has 0 atom stereocenters. The molecule has 2 nitrogen and oxygen atoms in total. The molecule has 0 aromatic heterocycles. The Labute approximate surface area is 72.5 Å². The highest BCUT2D eigenvalue weighted by atomic mass is 16.3. The molecular weight excluding hydrogens is 152 g/mol. The first kappa shape index (κ1) is 9.07. The maximum atomic E-state index is 10.7. The van der Waals surface area contributed by atoms with Crippen molar-refractivity contribution in [2.75, 3.05) is 0 Å². The van der Waals surface area contributed by atoms with Crippen LogP contribution in [0.2, 0.25) is 0 Å². The van der Waals surface area contributed by atoms with E-state index in [0.29, 0.717) is 5.75 Å². The van der Waals surface area contributed by atoms with E-state index in [1.165, 1.54) is 0 Å². The third-order valence-corrected chi connectivity index (χ3v) is 2.32. The van der Waals surface area contributed by atoms with Crippen molar-refractivity contribution >= 4 is 0 Å². The van der Waals surface area contributed by atoms with Gasteiger partial charge in [0.25, 0.3) is 0 Å². The van der Waals surface area contributed by atoms with Crippen LogP contribution in [0.3, 0.4) is 0 Å². The highest BCUT2D eigenvalue weighted by Gasteiger charge is 2.07. The lowest BCUT2D eigenvalue weighted by molar-refractivity contribution is 0.177. The van der Waals surface area contributed by atoms with Gasteiger partial charge in [0, 0.05) is 0 Å². The minimum Gasteiger partial charge on any atom is -0.507 e. The van der Waals surface area contributed by atoms with Crippen LogP contribution < -0.4 is 0 Å². The minimum atomic E-state index is -0.214. The molecule has 0 unspecified atom stereocenters. The Kier molecular flexibility index (Phi) is 2.38. The van der Waals surface area contributed by atoms with Crippen molar-refractivity contribution in [3.63, 3.8) is 0 Å². The second kappa shape index (κ2) is 3.15. The van der Waals surface area contributed by atoms with Crippen LogP contribution in [0.25, 0.3) is 0 Å². The smallest absolute Gasteiger partial charge is 0.121 e. The Morgan fingerprint density at radius 3 is 2.33 bits per heavy atom. The Hall–Kier alpha value is -1.02. The van der Waals surface area contributed by atoms with Crippen molar-refractivity contribution in [3.05, 3.63) is 28.3 Å². The third kappa shape index (κ3) is 1.30. The van der Waals surface area contributed by atoms with Crippen molar-refractivity contribution in [3.8, 4) is 5.75 Å². The van der Waals surface area contributed by atoms with Crippen LogP contribution >= 0.6 is 0 Å². The summed E-state index contributed by atoms with van der Waals surface area (Å²) in [6.07, 6.45) is 0. The zero-order valence-corrected chi connectivity index (χ0v) is 7.64. The van der Waals surface area contributed by atoms with E-state index >= 15 is 0 Å². The van der Waals surface area contributed by atoms with Gasteiger partial charge in [-0.05, 0) is 49.1 Å². The average molecular weight is 165 g/mol. The van der Waals surface area contributed by atoms with Crippen LogP contribution in [0.15, 0.2) is 6.07 Å². The summed E-state index contributed by atoms with van der Waals surface area (Å²) in [5.74, 6) is 0.310. The fourth-order valence-corrected chi connectivity index (χ4v) is 1.30. The summed E-state index contributed by atoms with van der Waals surface area (Å²) in [4.78, 5) is 0. The molecule has 1 rings (SSSR count). The third-order valence-electron chi connectivity index (χ3n) is 2.32. The maximum Gasteiger partial charge on any atom is 0.121 e. The first-order valence-electron chi connectivity index (χ1n) is 3.94. The van der Waals surface area contributed by atoms with Crippen LogP contribution in [0.1, 0.15) is 22.3 Å². The molecule has 0 fully saturated rings. The summed E-state index contributed by atoms with van der Waals surface area (Å²) in [6, 6.07) is 1.75. The van der Waals surface area contributed by atoms with E-state index < -0.39 is 0 Å². The number of phenols is 1. The molecule has 2 heteroatoms. The molecule has 0 aliphatic heterocycles. The van der Waals surface area contributed by atoms with Crippen molar-refractivity contribution in [2.24, 2.45) is 0 Å². The molecule has 0 amide bonds. The van der Waals surface area contributed by atoms with E-state index in [1.807, 2.05) is 13.8 Å². The fourth-order valence-electron chi connectivity index (χ4n) is 1.30. The molecule has 0 aliphatic rings. The van der Waals surface area contributed by atoms with Gasteiger partial charge in [-0.1, -0.05) is 0 Å². The van der Waals surface area contributed by atoms with Gasteiger partial charge >= 0.3 is 0 Å². The number of hydrogen-bond donors (Lipinski definition) is 1. The Balaban J connectivity index is 3.39. The Morgan fingerprint density at radius 1 is 1.25 bits per heavy atom. The van der Waals surface area contributed by atoms with Gasteiger partial charge in [0.2, 0.25) is 0 Å². The molecule has 12 heavy (non-hydrogen) atoms. The van der Waals surface area contributed by atoms with Crippen LogP contribution in [0.4, 0.5) is 0 Å². The summed E-state index contributed by atoms with van der Waals surface area (Å²) < 4.78 is 0. The van der Waals surface area contributed by atoms with Gasteiger partial charge in [0.1, 0.15) is 12.4 Å². The highest BCUT2D eigenvalue weighted by molar-refractivity contribution is 5.47. The van der Waals surface area contributed by atoms with Gasteiger partial charge in [-0.15, -0.1) is 0 Å². The Morgan fingerprint density at radius 2 is 1.83 bits per heavy atom. The number of hydrogen-bond acceptors (Lipinski definition) is 1. The largest absolute Gasteiger partial charge is 0.507 e. The standard InChI is InChI=1S/C10H13O2/c1-6-4-9(5-11)7(2)8(3)10(6)12/h4,12H,5H2,1-3H3. The lowest BCUT2D eigenvalue weighted by Gasteiger charge is -2.10. The summed E-state index contributed by atoms with van der Waals surface area (Å²) in [5, 5.41) is 20.2. The minimum absolute atomic E-state index is 0.214. The van der Waals surface area contributed by atoms with Gasteiger partial charge in [-0.3, -0.25) is 0 Å². The van der Waals surface area contributed by atoms with Crippen LogP contribution in [0, 0.1) is 20.8 Å². The maximum absolute atomic E-state index is 10.7. The van der Waals surface area contributed by atoms with E-state index in [4.69, 9.17) is 0 Å². The monoisotopic (exact) mass is 165 g/mol. The van der Waals surface area contributed by atoms with Gasteiger partial charge in [0.05, 0.1) is 0 Å².